The van der Waals surface area contributed by atoms with Crippen molar-refractivity contribution in [3.8, 4) is 0 Å². The Morgan fingerprint density at radius 3 is 2.67 bits per heavy atom. The molecule has 0 fully saturated rings. The van der Waals surface area contributed by atoms with Gasteiger partial charge in [0.2, 0.25) is 5.91 Å². The van der Waals surface area contributed by atoms with Crippen LogP contribution in [0.15, 0.2) is 24.4 Å². The van der Waals surface area contributed by atoms with Crippen molar-refractivity contribution in [1.29, 1.82) is 0 Å². The summed E-state index contributed by atoms with van der Waals surface area (Å²) in [5.41, 5.74) is 6.88. The third kappa shape index (κ3) is 3.81. The molecule has 0 aliphatic carbocycles. The maximum atomic E-state index is 12.3. The number of nitrogens with zero attached hydrogens (tertiary/aromatic N) is 2. The normalized spacial score (nSPS) is 14.0. The lowest BCUT2D eigenvalue weighted by Gasteiger charge is -2.26. The summed E-state index contributed by atoms with van der Waals surface area (Å²) in [6.45, 7) is 7.20. The quantitative estimate of drug-likeness (QED) is 0.836. The molecule has 4 nitrogen and oxygen atoms in total. The smallest absolute Gasteiger partial charge is 0.240 e. The van der Waals surface area contributed by atoms with Gasteiger partial charge in [-0.25, -0.2) is 0 Å². The van der Waals surface area contributed by atoms with Crippen molar-refractivity contribution in [2.45, 2.75) is 39.8 Å². The highest BCUT2D eigenvalue weighted by Crippen LogP contribution is 2.10. The molecule has 1 rings (SSSR count). The molecule has 1 aromatic heterocycles. The van der Waals surface area contributed by atoms with E-state index in [-0.39, 0.29) is 11.8 Å². The fourth-order valence-electron chi connectivity index (χ4n) is 1.74. The Labute approximate surface area is 109 Å². The van der Waals surface area contributed by atoms with E-state index in [1.165, 1.54) is 0 Å². The minimum Gasteiger partial charge on any atom is -0.336 e. The number of amides is 1. The first kappa shape index (κ1) is 14.6. The summed E-state index contributed by atoms with van der Waals surface area (Å²) in [7, 11) is 0. The molecule has 0 spiro atoms. The Morgan fingerprint density at radius 2 is 2.17 bits per heavy atom. The van der Waals surface area contributed by atoms with E-state index in [0.717, 1.165) is 12.1 Å². The van der Waals surface area contributed by atoms with Gasteiger partial charge in [0.25, 0.3) is 0 Å². The highest BCUT2D eigenvalue weighted by atomic mass is 16.2. The molecule has 100 valence electrons. The van der Waals surface area contributed by atoms with E-state index >= 15 is 0 Å². The van der Waals surface area contributed by atoms with Gasteiger partial charge in [-0.3, -0.25) is 9.78 Å². The Hall–Kier alpha value is -1.42. The average molecular weight is 249 g/mol. The van der Waals surface area contributed by atoms with E-state index in [2.05, 4.69) is 4.98 Å². The van der Waals surface area contributed by atoms with E-state index in [0.29, 0.717) is 13.1 Å². The first-order valence-electron chi connectivity index (χ1n) is 6.54. The van der Waals surface area contributed by atoms with Crippen LogP contribution < -0.4 is 5.73 Å². The minimum absolute atomic E-state index is 0.0116. The molecule has 0 bridgehead atoms. The zero-order valence-electron chi connectivity index (χ0n) is 11.5. The number of hydrogen-bond acceptors (Lipinski definition) is 3. The Morgan fingerprint density at radius 1 is 1.44 bits per heavy atom. The molecule has 4 heteroatoms. The van der Waals surface area contributed by atoms with Crippen LogP contribution in [-0.4, -0.2) is 28.4 Å². The largest absolute Gasteiger partial charge is 0.336 e. The van der Waals surface area contributed by atoms with Crippen LogP contribution in [0.25, 0.3) is 0 Å². The Bertz CT molecular complexity index is 367. The number of pyridine rings is 1. The molecule has 1 unspecified atom stereocenters. The van der Waals surface area contributed by atoms with Crippen molar-refractivity contribution in [1.82, 2.24) is 9.88 Å². The lowest BCUT2D eigenvalue weighted by Crippen LogP contribution is -2.46. The van der Waals surface area contributed by atoms with Gasteiger partial charge < -0.3 is 10.6 Å². The van der Waals surface area contributed by atoms with E-state index in [1.807, 2.05) is 39.0 Å². The number of rotatable bonds is 6. The summed E-state index contributed by atoms with van der Waals surface area (Å²) in [5, 5.41) is 0. The molecular formula is C14H23N3O. The standard InChI is InChI=1S/C14H23N3O/c1-4-11(3)13(15)14(18)17(5-2)10-12-8-6-7-9-16-12/h6-9,11,13H,4-5,10,15H2,1-3H3/t11?,13-/m0/s1. The number of carbonyl (C=O) groups is 1. The number of likely N-dealkylation sites (N-methyl/N-ethyl adjacent to an activating group) is 1. The van der Waals surface area contributed by atoms with Crippen molar-refractivity contribution < 1.29 is 4.79 Å². The number of nitrogens with two attached hydrogens (primary N) is 1. The molecule has 0 saturated heterocycles. The number of hydrogen-bond donors (Lipinski definition) is 1. The van der Waals surface area contributed by atoms with Gasteiger partial charge in [0.1, 0.15) is 0 Å². The van der Waals surface area contributed by atoms with Crippen LogP contribution in [-0.2, 0) is 11.3 Å². The first-order valence-corrected chi connectivity index (χ1v) is 6.54. The highest BCUT2D eigenvalue weighted by molar-refractivity contribution is 5.81. The fourth-order valence-corrected chi connectivity index (χ4v) is 1.74. The van der Waals surface area contributed by atoms with Crippen LogP contribution in [0.2, 0.25) is 0 Å². The summed E-state index contributed by atoms with van der Waals surface area (Å²) in [6, 6.07) is 5.30. The minimum atomic E-state index is -0.418. The van der Waals surface area contributed by atoms with Gasteiger partial charge in [0.05, 0.1) is 18.3 Å². The average Bonchev–Trinajstić information content (AvgIpc) is 2.43. The van der Waals surface area contributed by atoms with Gasteiger partial charge in [-0.2, -0.15) is 0 Å². The highest BCUT2D eigenvalue weighted by Gasteiger charge is 2.24. The molecule has 0 saturated carbocycles. The molecular weight excluding hydrogens is 226 g/mol. The lowest BCUT2D eigenvalue weighted by molar-refractivity contribution is -0.134. The molecule has 0 aliphatic heterocycles. The topological polar surface area (TPSA) is 59.2 Å². The van der Waals surface area contributed by atoms with Crippen LogP contribution in [0.4, 0.5) is 0 Å². The second-order valence-corrected chi connectivity index (χ2v) is 4.58. The summed E-state index contributed by atoms with van der Waals surface area (Å²) >= 11 is 0. The Kier molecular flexibility index (Phi) is 5.78. The maximum Gasteiger partial charge on any atom is 0.240 e. The fraction of sp³-hybridized carbons (Fsp3) is 0.571. The van der Waals surface area contributed by atoms with Gasteiger partial charge in [0.15, 0.2) is 0 Å². The van der Waals surface area contributed by atoms with Crippen molar-refractivity contribution in [3.63, 3.8) is 0 Å². The molecule has 1 amide bonds. The summed E-state index contributed by atoms with van der Waals surface area (Å²) in [4.78, 5) is 18.3. The molecule has 18 heavy (non-hydrogen) atoms. The van der Waals surface area contributed by atoms with E-state index in [1.54, 1.807) is 11.1 Å². The predicted octanol–water partition coefficient (Wildman–Crippen LogP) is 1.80. The molecule has 0 radical (unpaired) electrons. The van der Waals surface area contributed by atoms with Gasteiger partial charge in [-0.1, -0.05) is 26.3 Å². The van der Waals surface area contributed by atoms with Crippen LogP contribution >= 0.6 is 0 Å². The lowest BCUT2D eigenvalue weighted by atomic mass is 9.99. The number of aromatic nitrogens is 1. The maximum absolute atomic E-state index is 12.3. The molecule has 2 atom stereocenters. The van der Waals surface area contributed by atoms with E-state index in [4.69, 9.17) is 5.73 Å². The number of carbonyl (C=O) groups excluding carboxylic acids is 1. The van der Waals surface area contributed by atoms with Crippen LogP contribution in [0.1, 0.15) is 32.9 Å². The SMILES string of the molecule is CCC(C)[C@H](N)C(=O)N(CC)Cc1ccccn1. The summed E-state index contributed by atoms with van der Waals surface area (Å²) in [6.07, 6.45) is 2.65. The Balaban J connectivity index is 2.69. The zero-order chi connectivity index (χ0) is 13.5. The third-order valence-electron chi connectivity index (χ3n) is 3.31. The van der Waals surface area contributed by atoms with Crippen LogP contribution in [0.5, 0.6) is 0 Å². The first-order chi connectivity index (χ1) is 8.60. The van der Waals surface area contributed by atoms with Gasteiger partial charge in [-0.05, 0) is 25.0 Å². The summed E-state index contributed by atoms with van der Waals surface area (Å²) in [5.74, 6) is 0.216. The molecule has 0 aliphatic rings. The van der Waals surface area contributed by atoms with Crippen molar-refractivity contribution in [3.05, 3.63) is 30.1 Å². The predicted molar refractivity (Wildman–Crippen MR) is 72.8 cm³/mol. The van der Waals surface area contributed by atoms with Crippen molar-refractivity contribution in [2.75, 3.05) is 6.54 Å². The molecule has 0 aromatic carbocycles. The second-order valence-electron chi connectivity index (χ2n) is 4.58. The monoisotopic (exact) mass is 249 g/mol. The van der Waals surface area contributed by atoms with E-state index in [9.17, 15) is 4.79 Å². The zero-order valence-corrected chi connectivity index (χ0v) is 11.5. The van der Waals surface area contributed by atoms with Crippen LogP contribution in [0, 0.1) is 5.92 Å². The third-order valence-corrected chi connectivity index (χ3v) is 3.31. The van der Waals surface area contributed by atoms with Gasteiger partial charge >= 0.3 is 0 Å². The second kappa shape index (κ2) is 7.11. The van der Waals surface area contributed by atoms with E-state index < -0.39 is 6.04 Å². The molecule has 1 heterocycles. The summed E-state index contributed by atoms with van der Waals surface area (Å²) < 4.78 is 0. The van der Waals surface area contributed by atoms with Gasteiger partial charge in [-0.15, -0.1) is 0 Å². The molecule has 1 aromatic rings. The van der Waals surface area contributed by atoms with Crippen molar-refractivity contribution in [2.24, 2.45) is 11.7 Å². The van der Waals surface area contributed by atoms with Gasteiger partial charge in [0, 0.05) is 12.7 Å². The van der Waals surface area contributed by atoms with Crippen LogP contribution in [0.3, 0.4) is 0 Å². The van der Waals surface area contributed by atoms with Crippen molar-refractivity contribution >= 4 is 5.91 Å². The molecule has 2 N–H and O–H groups in total.